The Hall–Kier alpha value is -4.10. The van der Waals surface area contributed by atoms with Gasteiger partial charge in [-0.3, -0.25) is 4.79 Å². The third-order valence-electron chi connectivity index (χ3n) is 7.51. The first kappa shape index (κ1) is 24.2. The highest BCUT2D eigenvalue weighted by atomic mass is 19.1. The van der Waals surface area contributed by atoms with Gasteiger partial charge in [-0.25, -0.2) is 13.8 Å². The highest BCUT2D eigenvalue weighted by Gasteiger charge is 2.43. The van der Waals surface area contributed by atoms with Crippen LogP contribution in [0.5, 0.6) is 0 Å². The molecule has 4 aromatic rings. The van der Waals surface area contributed by atoms with Crippen LogP contribution in [0.15, 0.2) is 60.7 Å². The molecular weight excluding hydrogens is 484 g/mol. The second-order valence-corrected chi connectivity index (χ2v) is 10.2. The molecule has 3 aromatic carbocycles. The fraction of sp³-hybridized carbons (Fsp3) is 0.226. The number of halogens is 2. The lowest BCUT2D eigenvalue weighted by molar-refractivity contribution is 0.0857. The number of benzene rings is 3. The van der Waals surface area contributed by atoms with Crippen LogP contribution in [0.3, 0.4) is 0 Å². The van der Waals surface area contributed by atoms with Crippen LogP contribution in [-0.2, 0) is 11.3 Å². The van der Waals surface area contributed by atoms with Gasteiger partial charge in [-0.2, -0.15) is 0 Å². The largest absolute Gasteiger partial charge is 0.384 e. The number of nitrogens with zero attached hydrogens (tertiary/aromatic N) is 1. The first-order valence-corrected chi connectivity index (χ1v) is 12.6. The summed E-state index contributed by atoms with van der Waals surface area (Å²) in [5, 5.41) is 3.03. The lowest BCUT2D eigenvalue weighted by atomic mass is 9.83. The number of nitrogen functional groups attached to an aromatic ring is 1. The topological polar surface area (TPSA) is 77.2 Å². The van der Waals surface area contributed by atoms with Gasteiger partial charge in [0.25, 0.3) is 5.91 Å². The Bertz CT molecular complexity index is 1620. The van der Waals surface area contributed by atoms with E-state index in [9.17, 15) is 13.6 Å². The molecule has 0 saturated carbocycles. The van der Waals surface area contributed by atoms with E-state index in [1.165, 1.54) is 12.1 Å². The number of anilines is 1. The smallest absolute Gasteiger partial charge is 0.251 e. The third kappa shape index (κ3) is 3.94. The summed E-state index contributed by atoms with van der Waals surface area (Å²) in [6, 6.07) is 16.8. The molecule has 0 radical (unpaired) electrons. The Morgan fingerprint density at radius 1 is 0.974 bits per heavy atom. The van der Waals surface area contributed by atoms with Gasteiger partial charge in [0.15, 0.2) is 0 Å². The summed E-state index contributed by atoms with van der Waals surface area (Å²) in [6.07, 6.45) is -0.580. The zero-order valence-corrected chi connectivity index (χ0v) is 21.3. The van der Waals surface area contributed by atoms with E-state index in [-0.39, 0.29) is 24.0 Å². The van der Waals surface area contributed by atoms with Crippen LogP contribution in [0.25, 0.3) is 11.1 Å². The lowest BCUT2D eigenvalue weighted by Gasteiger charge is -2.19. The zero-order chi connectivity index (χ0) is 26.7. The molecule has 2 atom stereocenters. The molecule has 2 aliphatic rings. The van der Waals surface area contributed by atoms with E-state index in [0.717, 1.165) is 45.1 Å². The summed E-state index contributed by atoms with van der Waals surface area (Å²) in [5.74, 6) is -0.699. The van der Waals surface area contributed by atoms with Crippen molar-refractivity contribution in [3.05, 3.63) is 117 Å². The molecule has 0 aliphatic carbocycles. The SMILES string of the molecule is Cc1nc(N)cc(C(C)C)c1CNC(=O)c1ccc2c(c1)C1OC2c2ccc(-c3ccc(F)cc3F)cc21. The number of carbonyl (C=O) groups is 1. The molecule has 0 spiro atoms. The van der Waals surface area contributed by atoms with E-state index in [1.807, 2.05) is 49.4 Å². The first-order valence-electron chi connectivity index (χ1n) is 12.6. The van der Waals surface area contributed by atoms with E-state index in [0.29, 0.717) is 29.1 Å². The number of rotatable bonds is 5. The maximum Gasteiger partial charge on any atom is 0.251 e. The van der Waals surface area contributed by atoms with Gasteiger partial charge >= 0.3 is 0 Å². The van der Waals surface area contributed by atoms with E-state index in [4.69, 9.17) is 10.5 Å². The second-order valence-electron chi connectivity index (χ2n) is 10.2. The van der Waals surface area contributed by atoms with Crippen LogP contribution in [-0.4, -0.2) is 10.9 Å². The Balaban J connectivity index is 1.26. The quantitative estimate of drug-likeness (QED) is 0.321. The Kier molecular flexibility index (Phi) is 5.76. The minimum atomic E-state index is -0.613. The number of ether oxygens (including phenoxy) is 1. The molecule has 192 valence electrons. The molecule has 2 unspecified atom stereocenters. The van der Waals surface area contributed by atoms with Crippen molar-refractivity contribution < 1.29 is 18.3 Å². The maximum absolute atomic E-state index is 14.4. The summed E-state index contributed by atoms with van der Waals surface area (Å²) in [5.41, 5.74) is 14.2. The summed E-state index contributed by atoms with van der Waals surface area (Å²) in [7, 11) is 0. The van der Waals surface area contributed by atoms with Crippen molar-refractivity contribution in [1.29, 1.82) is 0 Å². The first-order chi connectivity index (χ1) is 18.2. The monoisotopic (exact) mass is 511 g/mol. The van der Waals surface area contributed by atoms with Crippen LogP contribution >= 0.6 is 0 Å². The van der Waals surface area contributed by atoms with Crippen LogP contribution in [0.2, 0.25) is 0 Å². The molecular formula is C31H27F2N3O2. The van der Waals surface area contributed by atoms with Gasteiger partial charge in [0.2, 0.25) is 0 Å². The van der Waals surface area contributed by atoms with Gasteiger partial charge in [-0.05, 0) is 88.2 Å². The molecule has 1 amide bonds. The number of fused-ring (bicyclic) bond motifs is 8. The standard InChI is InChI=1S/C31H27F2N3O2/c1-15(2)23-13-28(34)36-16(3)26(23)14-35-31(37)18-5-8-22-25(11-18)30-24-10-17(4-7-21(24)29(22)38-30)20-9-6-19(32)12-27(20)33/h4-13,15,29-30H,14H2,1-3H3,(H2,34,36)(H,35,37). The van der Waals surface area contributed by atoms with Crippen LogP contribution in [0.1, 0.15) is 81.4 Å². The molecule has 3 N–H and O–H groups in total. The number of nitrogens with two attached hydrogens (primary N) is 1. The third-order valence-corrected chi connectivity index (χ3v) is 7.51. The normalized spacial score (nSPS) is 17.0. The zero-order valence-electron chi connectivity index (χ0n) is 21.3. The van der Waals surface area contributed by atoms with Gasteiger partial charge in [0.1, 0.15) is 29.7 Å². The molecule has 2 aliphatic heterocycles. The number of nitrogens with one attached hydrogen (secondary N) is 1. The Morgan fingerprint density at radius 3 is 2.42 bits per heavy atom. The molecule has 1 aromatic heterocycles. The number of aryl methyl sites for hydroxylation is 1. The number of aromatic nitrogens is 1. The van der Waals surface area contributed by atoms with E-state index in [2.05, 4.69) is 24.1 Å². The van der Waals surface area contributed by atoms with Crippen molar-refractivity contribution in [3.8, 4) is 11.1 Å². The van der Waals surface area contributed by atoms with Crippen LogP contribution in [0, 0.1) is 18.6 Å². The number of hydrogen-bond acceptors (Lipinski definition) is 4. The number of amides is 1. The average Bonchev–Trinajstić information content (AvgIpc) is 3.44. The van der Waals surface area contributed by atoms with Crippen molar-refractivity contribution >= 4 is 11.7 Å². The van der Waals surface area contributed by atoms with Crippen molar-refractivity contribution in [3.63, 3.8) is 0 Å². The van der Waals surface area contributed by atoms with Crippen LogP contribution < -0.4 is 11.1 Å². The van der Waals surface area contributed by atoms with E-state index >= 15 is 0 Å². The number of pyridine rings is 1. The van der Waals surface area contributed by atoms with Gasteiger partial charge < -0.3 is 15.8 Å². The predicted molar refractivity (Wildman–Crippen MR) is 142 cm³/mol. The van der Waals surface area contributed by atoms with Crippen molar-refractivity contribution in [2.75, 3.05) is 5.73 Å². The summed E-state index contributed by atoms with van der Waals surface area (Å²) < 4.78 is 34.1. The second kappa shape index (κ2) is 9.03. The fourth-order valence-electron chi connectivity index (χ4n) is 5.64. The van der Waals surface area contributed by atoms with Gasteiger partial charge in [0.05, 0.1) is 0 Å². The molecule has 0 fully saturated rings. The number of hydrogen-bond donors (Lipinski definition) is 2. The highest BCUT2D eigenvalue weighted by Crippen LogP contribution is 2.54. The molecule has 0 saturated heterocycles. The maximum atomic E-state index is 14.4. The summed E-state index contributed by atoms with van der Waals surface area (Å²) in [4.78, 5) is 17.5. The van der Waals surface area contributed by atoms with Crippen molar-refractivity contribution in [2.24, 2.45) is 0 Å². The minimum Gasteiger partial charge on any atom is -0.384 e. The van der Waals surface area contributed by atoms with E-state index in [1.54, 1.807) is 0 Å². The summed E-state index contributed by atoms with van der Waals surface area (Å²) >= 11 is 0. The van der Waals surface area contributed by atoms with Gasteiger partial charge in [-0.15, -0.1) is 0 Å². The lowest BCUT2D eigenvalue weighted by Crippen LogP contribution is -2.25. The van der Waals surface area contributed by atoms with Crippen LogP contribution in [0.4, 0.5) is 14.6 Å². The molecule has 38 heavy (non-hydrogen) atoms. The molecule has 6 rings (SSSR count). The highest BCUT2D eigenvalue weighted by molar-refractivity contribution is 5.94. The molecule has 5 nitrogen and oxygen atoms in total. The van der Waals surface area contributed by atoms with Gasteiger partial charge in [-0.1, -0.05) is 32.0 Å². The summed E-state index contributed by atoms with van der Waals surface area (Å²) in [6.45, 7) is 6.42. The average molecular weight is 512 g/mol. The fourth-order valence-corrected chi connectivity index (χ4v) is 5.64. The van der Waals surface area contributed by atoms with Crippen molar-refractivity contribution in [1.82, 2.24) is 10.3 Å². The van der Waals surface area contributed by atoms with E-state index < -0.39 is 11.6 Å². The Morgan fingerprint density at radius 2 is 1.68 bits per heavy atom. The van der Waals surface area contributed by atoms with Crippen molar-refractivity contribution in [2.45, 2.75) is 45.4 Å². The predicted octanol–water partition coefficient (Wildman–Crippen LogP) is 6.49. The Labute approximate surface area is 219 Å². The van der Waals surface area contributed by atoms with Gasteiger partial charge in [0, 0.05) is 29.4 Å². The number of carbonyl (C=O) groups excluding carboxylic acids is 1. The minimum absolute atomic E-state index is 0.191. The molecule has 2 bridgehead atoms. The molecule has 3 heterocycles. The molecule has 7 heteroatoms.